The molecule has 2 unspecified atom stereocenters. The van der Waals surface area contributed by atoms with Gasteiger partial charge in [0.2, 0.25) is 3.79 Å². The van der Waals surface area contributed by atoms with Crippen LogP contribution in [0.3, 0.4) is 0 Å². The minimum atomic E-state index is -2.29. The van der Waals surface area contributed by atoms with Gasteiger partial charge >= 0.3 is 20.5 Å². The smallest absolute Gasteiger partial charge is 0.333 e. The maximum Gasteiger partial charge on any atom is 0.333 e. The Bertz CT molecular complexity index is 1500. The van der Waals surface area contributed by atoms with Crippen LogP contribution in [0.5, 0.6) is 0 Å². The molecule has 4 atom stereocenters. The van der Waals surface area contributed by atoms with Crippen molar-refractivity contribution in [3.05, 3.63) is 108 Å². The number of carbonyl (C=O) groups excluding carboxylic acids is 2. The zero-order valence-corrected chi connectivity index (χ0v) is 36.2. The Morgan fingerprint density at radius 3 is 1.88 bits per heavy atom. The number of alkyl halides is 3. The number of nitrogens with one attached hydrogen (secondary N) is 1. The van der Waals surface area contributed by atoms with Gasteiger partial charge in [-0.25, -0.2) is 0 Å². The second-order valence-electron chi connectivity index (χ2n) is 14.0. The van der Waals surface area contributed by atoms with Gasteiger partial charge in [-0.15, -0.1) is 0 Å². The zero-order valence-electron chi connectivity index (χ0n) is 33.0. The summed E-state index contributed by atoms with van der Waals surface area (Å²) in [5, 5.41) is 3.63. The molecule has 1 heterocycles. The molecular formula is C42H55Cl3NO10P. The minimum Gasteiger partial charge on any atom is -0.469 e. The van der Waals surface area contributed by atoms with E-state index in [2.05, 4.69) is 5.32 Å². The van der Waals surface area contributed by atoms with Crippen molar-refractivity contribution in [3.8, 4) is 0 Å². The van der Waals surface area contributed by atoms with E-state index in [9.17, 15) is 9.59 Å². The molecule has 1 fully saturated rings. The van der Waals surface area contributed by atoms with Crippen molar-refractivity contribution in [1.29, 1.82) is 0 Å². The summed E-state index contributed by atoms with van der Waals surface area (Å²) in [5.41, 5.74) is 0.247. The summed E-state index contributed by atoms with van der Waals surface area (Å²) in [6, 6.07) is 28.5. The van der Waals surface area contributed by atoms with E-state index in [1.165, 1.54) is 14.2 Å². The van der Waals surface area contributed by atoms with E-state index in [1.54, 1.807) is 13.8 Å². The van der Waals surface area contributed by atoms with Crippen molar-refractivity contribution in [3.63, 3.8) is 0 Å². The molecule has 3 aromatic carbocycles. The lowest BCUT2D eigenvalue weighted by Gasteiger charge is -2.40. The first kappa shape index (κ1) is 47.3. The zero-order chi connectivity index (χ0) is 41.2. The van der Waals surface area contributed by atoms with Gasteiger partial charge in [-0.1, -0.05) is 132 Å². The van der Waals surface area contributed by atoms with Gasteiger partial charge in [0.25, 0.3) is 0 Å². The molecule has 4 rings (SSSR count). The number of unbranched alkanes of at least 4 members (excludes halogenated alkanes) is 2. The lowest BCUT2D eigenvalue weighted by atomic mass is 9.76. The Hall–Kier alpha value is -2.38. The van der Waals surface area contributed by atoms with Gasteiger partial charge in [-0.3, -0.25) is 14.9 Å². The lowest BCUT2D eigenvalue weighted by Crippen LogP contribution is -2.54. The van der Waals surface area contributed by atoms with Crippen LogP contribution in [0.15, 0.2) is 91.0 Å². The fourth-order valence-corrected chi connectivity index (χ4v) is 7.65. The van der Waals surface area contributed by atoms with Crippen LogP contribution in [0.2, 0.25) is 0 Å². The molecule has 57 heavy (non-hydrogen) atoms. The van der Waals surface area contributed by atoms with E-state index in [0.717, 1.165) is 48.8 Å². The van der Waals surface area contributed by atoms with Crippen LogP contribution in [-0.4, -0.2) is 87.0 Å². The second kappa shape index (κ2) is 24.0. The molecule has 0 radical (unpaired) electrons. The highest BCUT2D eigenvalue weighted by Crippen LogP contribution is 2.51. The third-order valence-corrected chi connectivity index (χ3v) is 12.1. The van der Waals surface area contributed by atoms with Gasteiger partial charge in [0.15, 0.2) is 6.29 Å². The Balaban J connectivity index is 1.58. The van der Waals surface area contributed by atoms with Crippen LogP contribution in [0.25, 0.3) is 0 Å². The number of carbonyl (C=O) groups is 2. The molecule has 1 saturated heterocycles. The van der Waals surface area contributed by atoms with Crippen LogP contribution in [-0.2, 0) is 52.4 Å². The Morgan fingerprint density at radius 2 is 1.37 bits per heavy atom. The number of ether oxygens (including phenoxy) is 5. The van der Waals surface area contributed by atoms with Crippen molar-refractivity contribution in [2.75, 3.05) is 47.3 Å². The summed E-state index contributed by atoms with van der Waals surface area (Å²) in [5.74, 6) is -0.808. The SMILES string of the molecule is COC(=O)CCCCCOC[C@H](COP(OC[C@H](NC(c1ccccc1)(c1ccccc1)c1ccccc1)C(=O)OC)OC(C)(C)C(Cl)(Cl)Cl)OC1CCCCO1. The van der Waals surface area contributed by atoms with Gasteiger partial charge < -0.3 is 37.3 Å². The molecule has 3 aromatic rings. The van der Waals surface area contributed by atoms with Gasteiger partial charge in [-0.05, 0) is 62.6 Å². The minimum absolute atomic E-state index is 0.0257. The number of methoxy groups -OCH3 is 2. The van der Waals surface area contributed by atoms with Crippen LogP contribution in [0, 0.1) is 0 Å². The van der Waals surface area contributed by atoms with Gasteiger partial charge in [0, 0.05) is 19.6 Å². The van der Waals surface area contributed by atoms with E-state index in [4.69, 9.17) is 72.1 Å². The number of hydrogen-bond acceptors (Lipinski definition) is 11. The molecule has 314 valence electrons. The molecule has 0 spiro atoms. The first-order chi connectivity index (χ1) is 27.4. The van der Waals surface area contributed by atoms with Crippen LogP contribution in [0.1, 0.15) is 75.5 Å². The van der Waals surface area contributed by atoms with Gasteiger partial charge in [0.1, 0.15) is 17.7 Å². The Morgan fingerprint density at radius 1 is 0.789 bits per heavy atom. The van der Waals surface area contributed by atoms with E-state index in [-0.39, 0.29) is 25.8 Å². The summed E-state index contributed by atoms with van der Waals surface area (Å²) in [6.45, 7) is 4.17. The number of hydrogen-bond donors (Lipinski definition) is 1. The Labute approximate surface area is 353 Å². The fourth-order valence-electron chi connectivity index (χ4n) is 6.12. The normalized spacial score (nSPS) is 16.7. The third kappa shape index (κ3) is 14.7. The predicted molar refractivity (Wildman–Crippen MR) is 222 cm³/mol. The van der Waals surface area contributed by atoms with Crippen molar-refractivity contribution >= 4 is 55.3 Å². The molecule has 0 bridgehead atoms. The number of esters is 2. The van der Waals surface area contributed by atoms with Crippen LogP contribution in [0.4, 0.5) is 0 Å². The fraction of sp³-hybridized carbons (Fsp3) is 0.524. The first-order valence-electron chi connectivity index (χ1n) is 19.1. The molecule has 15 heteroatoms. The van der Waals surface area contributed by atoms with E-state index < -0.39 is 47.9 Å². The molecule has 0 aliphatic carbocycles. The highest BCUT2D eigenvalue weighted by molar-refractivity contribution is 7.41. The van der Waals surface area contributed by atoms with Crippen molar-refractivity contribution < 1.29 is 46.8 Å². The average molecular weight is 871 g/mol. The number of rotatable bonds is 24. The summed E-state index contributed by atoms with van der Waals surface area (Å²) in [4.78, 5) is 25.2. The van der Waals surface area contributed by atoms with E-state index >= 15 is 0 Å². The topological polar surface area (TPSA) is 120 Å². The van der Waals surface area contributed by atoms with E-state index in [0.29, 0.717) is 26.1 Å². The Kier molecular flexibility index (Phi) is 19.9. The largest absolute Gasteiger partial charge is 0.469 e. The average Bonchev–Trinajstić information content (AvgIpc) is 3.22. The molecule has 0 aromatic heterocycles. The molecule has 11 nitrogen and oxygen atoms in total. The maximum absolute atomic E-state index is 13.7. The highest BCUT2D eigenvalue weighted by atomic mass is 35.6. The monoisotopic (exact) mass is 869 g/mol. The third-order valence-electron chi connectivity index (χ3n) is 9.38. The number of halogens is 3. The van der Waals surface area contributed by atoms with Crippen molar-refractivity contribution in [1.82, 2.24) is 5.32 Å². The molecule has 0 amide bonds. The molecule has 1 aliphatic heterocycles. The van der Waals surface area contributed by atoms with Crippen molar-refractivity contribution in [2.45, 2.75) is 92.2 Å². The molecule has 1 N–H and O–H groups in total. The summed E-state index contributed by atoms with van der Waals surface area (Å²) in [7, 11) is 0.412. The molecule has 1 aliphatic rings. The maximum atomic E-state index is 13.7. The molecule has 0 saturated carbocycles. The summed E-state index contributed by atoms with van der Waals surface area (Å²) in [6.07, 6.45) is 4.26. The first-order valence-corrected chi connectivity index (χ1v) is 21.4. The summed E-state index contributed by atoms with van der Waals surface area (Å²) < 4.78 is 45.3. The second-order valence-corrected chi connectivity index (χ2v) is 17.4. The van der Waals surface area contributed by atoms with Gasteiger partial charge in [0.05, 0.1) is 39.6 Å². The predicted octanol–water partition coefficient (Wildman–Crippen LogP) is 9.20. The van der Waals surface area contributed by atoms with Crippen LogP contribution < -0.4 is 5.32 Å². The van der Waals surface area contributed by atoms with Crippen LogP contribution >= 0.6 is 43.4 Å². The number of benzene rings is 3. The van der Waals surface area contributed by atoms with E-state index in [1.807, 2.05) is 91.0 Å². The lowest BCUT2D eigenvalue weighted by molar-refractivity contribution is -0.203. The van der Waals surface area contributed by atoms with Gasteiger partial charge in [-0.2, -0.15) is 0 Å². The summed E-state index contributed by atoms with van der Waals surface area (Å²) >= 11 is 19.1. The highest BCUT2D eigenvalue weighted by Gasteiger charge is 2.46. The standard InChI is InChI=1S/C42H55Cl3NO10P/c1-40(2,42(43,44)45)56-57(53-30-35(55-38-26-16-18-28-52-38)29-51-27-17-8-15-25-37(47)49-3)54-31-36(39(48)50-4)46-41(32-19-9-5-10-20-32,33-21-11-6-12-22-33)34-23-13-7-14-24-34/h5-7,9-14,19-24,35-36,38,46H,8,15-18,25-31H2,1-4H3/t35-,36+,38?,57?/m1/s1. The quantitative estimate of drug-likeness (QED) is 0.0305. The molecular weight excluding hydrogens is 816 g/mol. The van der Waals surface area contributed by atoms with Crippen molar-refractivity contribution in [2.24, 2.45) is 0 Å².